The predicted molar refractivity (Wildman–Crippen MR) is 74.4 cm³/mol. The lowest BCUT2D eigenvalue weighted by Gasteiger charge is -2.25. The van der Waals surface area contributed by atoms with Gasteiger partial charge in [-0.1, -0.05) is 25.3 Å². The van der Waals surface area contributed by atoms with Crippen LogP contribution in [-0.4, -0.2) is 13.6 Å². The molecule has 0 spiro atoms. The predicted octanol–water partition coefficient (Wildman–Crippen LogP) is 4.02. The molecular weight excluding hydrogens is 225 g/mol. The van der Waals surface area contributed by atoms with Crippen molar-refractivity contribution in [2.75, 3.05) is 13.6 Å². The van der Waals surface area contributed by atoms with Crippen molar-refractivity contribution in [3.63, 3.8) is 0 Å². The van der Waals surface area contributed by atoms with Crippen molar-refractivity contribution in [2.24, 2.45) is 5.92 Å². The summed E-state index contributed by atoms with van der Waals surface area (Å²) in [5, 5.41) is 3.30. The van der Waals surface area contributed by atoms with E-state index in [1.807, 2.05) is 14.0 Å². The highest BCUT2D eigenvalue weighted by Gasteiger charge is 2.25. The van der Waals surface area contributed by atoms with Gasteiger partial charge in [0.05, 0.1) is 0 Å². The second kappa shape index (κ2) is 6.33. The second-order valence-corrected chi connectivity index (χ2v) is 5.62. The zero-order valence-electron chi connectivity index (χ0n) is 11.5. The van der Waals surface area contributed by atoms with E-state index in [0.717, 1.165) is 12.1 Å². The van der Waals surface area contributed by atoms with E-state index >= 15 is 0 Å². The Balaban J connectivity index is 2.25. The Morgan fingerprint density at radius 1 is 1.17 bits per heavy atom. The van der Waals surface area contributed by atoms with Gasteiger partial charge < -0.3 is 5.32 Å². The largest absolute Gasteiger partial charge is 0.319 e. The van der Waals surface area contributed by atoms with Crippen LogP contribution in [0.5, 0.6) is 0 Å². The van der Waals surface area contributed by atoms with Crippen molar-refractivity contribution in [1.29, 1.82) is 0 Å². The first-order valence-electron chi connectivity index (χ1n) is 7.12. The van der Waals surface area contributed by atoms with Gasteiger partial charge in [-0.3, -0.25) is 0 Å². The molecule has 0 aliphatic heterocycles. The van der Waals surface area contributed by atoms with Crippen LogP contribution in [0.1, 0.15) is 49.1 Å². The summed E-state index contributed by atoms with van der Waals surface area (Å²) in [6, 6.07) is 5.53. The highest BCUT2D eigenvalue weighted by molar-refractivity contribution is 5.27. The number of nitrogens with one attached hydrogen (secondary N) is 1. The van der Waals surface area contributed by atoms with Gasteiger partial charge in [0.1, 0.15) is 5.82 Å². The maximum absolute atomic E-state index is 13.6. The molecule has 18 heavy (non-hydrogen) atoms. The molecule has 0 bridgehead atoms. The molecule has 1 aliphatic rings. The number of hydrogen-bond donors (Lipinski definition) is 1. The van der Waals surface area contributed by atoms with Crippen LogP contribution in [0.15, 0.2) is 18.2 Å². The van der Waals surface area contributed by atoms with Crippen molar-refractivity contribution in [3.05, 3.63) is 35.1 Å². The van der Waals surface area contributed by atoms with Crippen molar-refractivity contribution >= 4 is 0 Å². The van der Waals surface area contributed by atoms with Gasteiger partial charge in [0.2, 0.25) is 0 Å². The minimum atomic E-state index is -0.0857. The maximum Gasteiger partial charge on any atom is 0.123 e. The summed E-state index contributed by atoms with van der Waals surface area (Å²) in [5.74, 6) is 1.09. The van der Waals surface area contributed by atoms with Gasteiger partial charge in [-0.15, -0.1) is 0 Å². The first kappa shape index (κ1) is 13.5. The Bertz CT molecular complexity index is 368. The van der Waals surface area contributed by atoms with Crippen LogP contribution in [0.4, 0.5) is 4.39 Å². The molecule has 2 unspecified atom stereocenters. The summed E-state index contributed by atoms with van der Waals surface area (Å²) in [7, 11) is 2.01. The van der Waals surface area contributed by atoms with Gasteiger partial charge in [0, 0.05) is 0 Å². The van der Waals surface area contributed by atoms with E-state index in [0.29, 0.717) is 11.8 Å². The summed E-state index contributed by atoms with van der Waals surface area (Å²) < 4.78 is 13.6. The van der Waals surface area contributed by atoms with Gasteiger partial charge in [-0.25, -0.2) is 4.39 Å². The third-order valence-corrected chi connectivity index (χ3v) is 4.12. The average molecular weight is 249 g/mol. The van der Waals surface area contributed by atoms with Gasteiger partial charge in [0.25, 0.3) is 0 Å². The molecule has 1 saturated carbocycles. The number of hydrogen-bond acceptors (Lipinski definition) is 1. The van der Waals surface area contributed by atoms with E-state index < -0.39 is 0 Å². The Kier molecular flexibility index (Phi) is 4.76. The van der Waals surface area contributed by atoms with E-state index in [9.17, 15) is 4.39 Å². The molecule has 0 saturated heterocycles. The highest BCUT2D eigenvalue weighted by atomic mass is 19.1. The smallest absolute Gasteiger partial charge is 0.123 e. The molecule has 0 amide bonds. The molecule has 0 radical (unpaired) electrons. The Labute approximate surface area is 110 Å². The molecule has 2 heteroatoms. The lowest BCUT2D eigenvalue weighted by atomic mass is 9.82. The minimum Gasteiger partial charge on any atom is -0.319 e. The topological polar surface area (TPSA) is 12.0 Å². The Hall–Kier alpha value is -0.890. The van der Waals surface area contributed by atoms with Gasteiger partial charge in [-0.05, 0) is 68.5 Å². The van der Waals surface area contributed by atoms with Crippen LogP contribution in [0.2, 0.25) is 0 Å². The number of halogens is 1. The van der Waals surface area contributed by atoms with Crippen molar-refractivity contribution in [3.8, 4) is 0 Å². The van der Waals surface area contributed by atoms with Crippen LogP contribution in [0.3, 0.4) is 0 Å². The standard InChI is InChI=1S/C16H24FN/c1-12-8-14(10-15(17)9-12)16-7-5-3-4-6-13(16)11-18-2/h8-10,13,16,18H,3-7,11H2,1-2H3. The SMILES string of the molecule is CNCC1CCCCCC1c1cc(C)cc(F)c1. The summed E-state index contributed by atoms with van der Waals surface area (Å²) in [4.78, 5) is 0. The monoisotopic (exact) mass is 249 g/mol. The fraction of sp³-hybridized carbons (Fsp3) is 0.625. The van der Waals surface area contributed by atoms with Crippen molar-refractivity contribution < 1.29 is 4.39 Å². The van der Waals surface area contributed by atoms with Crippen molar-refractivity contribution in [1.82, 2.24) is 5.32 Å². The average Bonchev–Trinajstić information content (AvgIpc) is 2.54. The first-order chi connectivity index (χ1) is 8.70. The summed E-state index contributed by atoms with van der Waals surface area (Å²) >= 11 is 0. The number of benzene rings is 1. The molecule has 0 heterocycles. The molecule has 1 nitrogen and oxygen atoms in total. The third-order valence-electron chi connectivity index (χ3n) is 4.12. The summed E-state index contributed by atoms with van der Waals surface area (Å²) in [6.45, 7) is 3.02. The molecule has 0 aromatic heterocycles. The zero-order chi connectivity index (χ0) is 13.0. The van der Waals surface area contributed by atoms with Crippen LogP contribution >= 0.6 is 0 Å². The Morgan fingerprint density at radius 2 is 1.94 bits per heavy atom. The number of rotatable bonds is 3. The van der Waals surface area contributed by atoms with Crippen LogP contribution < -0.4 is 5.32 Å². The molecule has 1 N–H and O–H groups in total. The molecular formula is C16H24FN. The molecule has 1 aromatic rings. The quantitative estimate of drug-likeness (QED) is 0.798. The van der Waals surface area contributed by atoms with Crippen LogP contribution in [-0.2, 0) is 0 Å². The molecule has 2 rings (SSSR count). The van der Waals surface area contributed by atoms with Gasteiger partial charge in [-0.2, -0.15) is 0 Å². The number of aryl methyl sites for hydroxylation is 1. The minimum absolute atomic E-state index is 0.0857. The molecule has 1 fully saturated rings. The van der Waals surface area contributed by atoms with E-state index in [1.54, 1.807) is 12.1 Å². The molecule has 1 aromatic carbocycles. The van der Waals surface area contributed by atoms with E-state index in [2.05, 4.69) is 11.4 Å². The van der Waals surface area contributed by atoms with Gasteiger partial charge >= 0.3 is 0 Å². The van der Waals surface area contributed by atoms with Gasteiger partial charge in [0.15, 0.2) is 0 Å². The maximum atomic E-state index is 13.6. The highest BCUT2D eigenvalue weighted by Crippen LogP contribution is 2.36. The normalized spacial score (nSPS) is 24.8. The second-order valence-electron chi connectivity index (χ2n) is 5.62. The fourth-order valence-electron chi connectivity index (χ4n) is 3.31. The summed E-state index contributed by atoms with van der Waals surface area (Å²) in [6.07, 6.45) is 6.39. The zero-order valence-corrected chi connectivity index (χ0v) is 11.5. The molecule has 2 atom stereocenters. The Morgan fingerprint density at radius 3 is 2.67 bits per heavy atom. The fourth-order valence-corrected chi connectivity index (χ4v) is 3.31. The van der Waals surface area contributed by atoms with E-state index in [-0.39, 0.29) is 5.82 Å². The lowest BCUT2D eigenvalue weighted by Crippen LogP contribution is -2.24. The molecule has 100 valence electrons. The third kappa shape index (κ3) is 3.32. The van der Waals surface area contributed by atoms with Crippen LogP contribution in [0.25, 0.3) is 0 Å². The first-order valence-corrected chi connectivity index (χ1v) is 7.12. The molecule has 1 aliphatic carbocycles. The van der Waals surface area contributed by atoms with Crippen LogP contribution in [0, 0.1) is 18.7 Å². The lowest BCUT2D eigenvalue weighted by molar-refractivity contribution is 0.385. The van der Waals surface area contributed by atoms with Crippen molar-refractivity contribution in [2.45, 2.75) is 44.9 Å². The van der Waals surface area contributed by atoms with E-state index in [1.165, 1.54) is 37.7 Å². The summed E-state index contributed by atoms with van der Waals surface area (Å²) in [5.41, 5.74) is 2.24. The van der Waals surface area contributed by atoms with E-state index in [4.69, 9.17) is 0 Å².